The van der Waals surface area contributed by atoms with Crippen LogP contribution in [0.1, 0.15) is 32.4 Å². The van der Waals surface area contributed by atoms with Gasteiger partial charge in [-0.1, -0.05) is 20.8 Å². The lowest BCUT2D eigenvalue weighted by Crippen LogP contribution is -2.16. The second kappa shape index (κ2) is 4.71. The fraction of sp³-hybridized carbons (Fsp3) is 0.500. The quantitative estimate of drug-likeness (QED) is 0.818. The number of aliphatic hydroxyl groups is 1. The van der Waals surface area contributed by atoms with Crippen LogP contribution >= 0.6 is 0 Å². The van der Waals surface area contributed by atoms with Gasteiger partial charge in [0.25, 0.3) is 0 Å². The van der Waals surface area contributed by atoms with Crippen molar-refractivity contribution in [2.45, 2.75) is 26.9 Å². The Bertz CT molecular complexity index is 336. The van der Waals surface area contributed by atoms with Gasteiger partial charge in [-0.25, -0.2) is 8.78 Å². The fourth-order valence-electron chi connectivity index (χ4n) is 1.39. The molecule has 0 fully saturated rings. The van der Waals surface area contributed by atoms with Gasteiger partial charge in [0, 0.05) is 5.56 Å². The molecule has 3 heteroatoms. The van der Waals surface area contributed by atoms with Crippen LogP contribution < -0.4 is 0 Å². The van der Waals surface area contributed by atoms with Crippen LogP contribution in [0.2, 0.25) is 0 Å². The van der Waals surface area contributed by atoms with Gasteiger partial charge in [0.15, 0.2) is 0 Å². The molecule has 0 saturated heterocycles. The maximum absolute atomic E-state index is 13.3. The summed E-state index contributed by atoms with van der Waals surface area (Å²) in [6.07, 6.45) is -0.958. The van der Waals surface area contributed by atoms with E-state index in [2.05, 4.69) is 0 Å². The summed E-state index contributed by atoms with van der Waals surface area (Å²) >= 11 is 0. The van der Waals surface area contributed by atoms with E-state index in [0.717, 1.165) is 18.2 Å². The molecule has 2 atom stereocenters. The van der Waals surface area contributed by atoms with Crippen molar-refractivity contribution in [3.63, 3.8) is 0 Å². The van der Waals surface area contributed by atoms with E-state index in [1.807, 2.05) is 20.8 Å². The average molecular weight is 214 g/mol. The molecule has 0 aromatic heterocycles. The normalized spacial score (nSPS) is 15.4. The molecular formula is C12H16F2O. The molecule has 0 amide bonds. The van der Waals surface area contributed by atoms with Gasteiger partial charge in [-0.15, -0.1) is 0 Å². The van der Waals surface area contributed by atoms with E-state index >= 15 is 0 Å². The zero-order chi connectivity index (χ0) is 11.6. The van der Waals surface area contributed by atoms with Crippen LogP contribution in [-0.2, 0) is 0 Å². The van der Waals surface area contributed by atoms with Crippen LogP contribution in [0.5, 0.6) is 0 Å². The molecule has 84 valence electrons. The molecule has 1 rings (SSSR count). The summed E-state index contributed by atoms with van der Waals surface area (Å²) in [4.78, 5) is 0. The van der Waals surface area contributed by atoms with Gasteiger partial charge in [0.2, 0.25) is 0 Å². The molecule has 0 bridgehead atoms. The first-order valence-electron chi connectivity index (χ1n) is 5.06. The molecule has 0 aliphatic carbocycles. The van der Waals surface area contributed by atoms with Gasteiger partial charge in [-0.3, -0.25) is 0 Å². The first kappa shape index (κ1) is 12.1. The van der Waals surface area contributed by atoms with Crippen LogP contribution in [-0.4, -0.2) is 5.11 Å². The summed E-state index contributed by atoms with van der Waals surface area (Å²) in [6, 6.07) is 3.14. The van der Waals surface area contributed by atoms with Gasteiger partial charge in [-0.2, -0.15) is 0 Å². The number of benzene rings is 1. The Hall–Kier alpha value is -0.960. The molecule has 0 heterocycles. The van der Waals surface area contributed by atoms with E-state index in [1.165, 1.54) is 0 Å². The summed E-state index contributed by atoms with van der Waals surface area (Å²) in [7, 11) is 0. The van der Waals surface area contributed by atoms with E-state index in [0.29, 0.717) is 0 Å². The van der Waals surface area contributed by atoms with E-state index in [-0.39, 0.29) is 17.4 Å². The highest BCUT2D eigenvalue weighted by molar-refractivity contribution is 5.21. The molecule has 1 aromatic rings. The molecule has 0 spiro atoms. The third kappa shape index (κ3) is 2.75. The fourth-order valence-corrected chi connectivity index (χ4v) is 1.39. The molecule has 0 radical (unpaired) electrons. The zero-order valence-corrected chi connectivity index (χ0v) is 9.17. The van der Waals surface area contributed by atoms with Gasteiger partial charge < -0.3 is 5.11 Å². The monoisotopic (exact) mass is 214 g/mol. The average Bonchev–Trinajstić information content (AvgIpc) is 2.19. The van der Waals surface area contributed by atoms with Crippen LogP contribution in [0, 0.1) is 23.5 Å². The van der Waals surface area contributed by atoms with Crippen molar-refractivity contribution in [1.82, 2.24) is 0 Å². The molecular weight excluding hydrogens is 198 g/mol. The number of halogens is 2. The van der Waals surface area contributed by atoms with Crippen LogP contribution in [0.3, 0.4) is 0 Å². The van der Waals surface area contributed by atoms with Gasteiger partial charge in [0.1, 0.15) is 11.6 Å². The highest BCUT2D eigenvalue weighted by Crippen LogP contribution is 2.29. The summed E-state index contributed by atoms with van der Waals surface area (Å²) < 4.78 is 26.2. The topological polar surface area (TPSA) is 20.2 Å². The molecule has 0 aliphatic heterocycles. The maximum atomic E-state index is 13.3. The lowest BCUT2D eigenvalue weighted by molar-refractivity contribution is 0.0884. The minimum absolute atomic E-state index is 0.0381. The van der Waals surface area contributed by atoms with E-state index in [4.69, 9.17) is 0 Å². The third-order valence-electron chi connectivity index (χ3n) is 2.83. The summed E-state index contributed by atoms with van der Waals surface area (Å²) in [5.41, 5.74) is 0.0381. The highest BCUT2D eigenvalue weighted by Gasteiger charge is 2.22. The van der Waals surface area contributed by atoms with Crippen molar-refractivity contribution in [3.05, 3.63) is 35.4 Å². The van der Waals surface area contributed by atoms with Crippen molar-refractivity contribution >= 4 is 0 Å². The molecule has 1 N–H and O–H groups in total. The Morgan fingerprint density at radius 1 is 1.13 bits per heavy atom. The number of hydrogen-bond donors (Lipinski definition) is 1. The predicted octanol–water partition coefficient (Wildman–Crippen LogP) is 3.29. The Kier molecular flexibility index (Phi) is 3.80. The lowest BCUT2D eigenvalue weighted by atomic mass is 9.88. The Balaban J connectivity index is 2.99. The Morgan fingerprint density at radius 3 is 2.27 bits per heavy atom. The van der Waals surface area contributed by atoms with E-state index < -0.39 is 17.7 Å². The Labute approximate surface area is 88.7 Å². The second-order valence-corrected chi connectivity index (χ2v) is 4.21. The van der Waals surface area contributed by atoms with Gasteiger partial charge in [-0.05, 0) is 30.0 Å². The molecule has 0 saturated carbocycles. The van der Waals surface area contributed by atoms with E-state index in [9.17, 15) is 13.9 Å². The minimum Gasteiger partial charge on any atom is -0.388 e. The van der Waals surface area contributed by atoms with Crippen LogP contribution in [0.4, 0.5) is 8.78 Å². The summed E-state index contributed by atoms with van der Waals surface area (Å²) in [6.45, 7) is 5.69. The van der Waals surface area contributed by atoms with Crippen molar-refractivity contribution in [1.29, 1.82) is 0 Å². The van der Waals surface area contributed by atoms with Crippen molar-refractivity contribution in [2.24, 2.45) is 11.8 Å². The molecule has 0 aliphatic rings. The smallest absolute Gasteiger partial charge is 0.129 e. The summed E-state index contributed by atoms with van der Waals surface area (Å²) in [5, 5.41) is 9.86. The number of rotatable bonds is 3. The second-order valence-electron chi connectivity index (χ2n) is 4.21. The molecule has 1 nitrogen and oxygen atoms in total. The first-order valence-corrected chi connectivity index (χ1v) is 5.06. The highest BCUT2D eigenvalue weighted by atomic mass is 19.1. The van der Waals surface area contributed by atoms with E-state index in [1.54, 1.807) is 0 Å². The predicted molar refractivity (Wildman–Crippen MR) is 55.3 cm³/mol. The van der Waals surface area contributed by atoms with Crippen molar-refractivity contribution in [2.75, 3.05) is 0 Å². The van der Waals surface area contributed by atoms with Crippen molar-refractivity contribution < 1.29 is 13.9 Å². The SMILES string of the molecule is CC(C)C(C)C(O)c1cc(F)ccc1F. The largest absolute Gasteiger partial charge is 0.388 e. The first-order chi connectivity index (χ1) is 6.93. The number of aliphatic hydroxyl groups excluding tert-OH is 1. The molecule has 2 unspecified atom stereocenters. The third-order valence-corrected chi connectivity index (χ3v) is 2.83. The maximum Gasteiger partial charge on any atom is 0.129 e. The molecule has 1 aromatic carbocycles. The lowest BCUT2D eigenvalue weighted by Gasteiger charge is -2.22. The van der Waals surface area contributed by atoms with Crippen molar-refractivity contribution in [3.8, 4) is 0 Å². The van der Waals surface area contributed by atoms with Gasteiger partial charge >= 0.3 is 0 Å². The van der Waals surface area contributed by atoms with Crippen LogP contribution in [0.25, 0.3) is 0 Å². The zero-order valence-electron chi connectivity index (χ0n) is 9.17. The summed E-state index contributed by atoms with van der Waals surface area (Å²) in [5.74, 6) is -0.984. The Morgan fingerprint density at radius 2 is 1.73 bits per heavy atom. The van der Waals surface area contributed by atoms with Crippen LogP contribution in [0.15, 0.2) is 18.2 Å². The standard InChI is InChI=1S/C12H16F2O/c1-7(2)8(3)12(15)10-6-9(13)4-5-11(10)14/h4-8,12,15H,1-3H3. The number of hydrogen-bond acceptors (Lipinski definition) is 1. The molecule has 15 heavy (non-hydrogen) atoms. The van der Waals surface area contributed by atoms with Gasteiger partial charge in [0.05, 0.1) is 6.10 Å². The minimum atomic E-state index is -0.958.